The van der Waals surface area contributed by atoms with Gasteiger partial charge in [-0.15, -0.1) is 0 Å². The van der Waals surface area contributed by atoms with Gasteiger partial charge in [0.1, 0.15) is 5.82 Å². The predicted octanol–water partition coefficient (Wildman–Crippen LogP) is 4.22. The number of benzene rings is 1. The molecule has 1 aromatic carbocycles. The average Bonchev–Trinajstić information content (AvgIpc) is 2.51. The van der Waals surface area contributed by atoms with Crippen molar-refractivity contribution in [3.05, 3.63) is 52.1 Å². The second-order valence-electron chi connectivity index (χ2n) is 4.46. The van der Waals surface area contributed by atoms with Crippen LogP contribution in [0.1, 0.15) is 5.56 Å². The number of rotatable bonds is 5. The summed E-state index contributed by atoms with van der Waals surface area (Å²) in [6.07, 6.45) is 1.85. The van der Waals surface area contributed by atoms with E-state index in [9.17, 15) is 4.79 Å². The lowest BCUT2D eigenvalue weighted by molar-refractivity contribution is 0.187. The molecule has 0 saturated heterocycles. The maximum Gasteiger partial charge on any atom is 0.412 e. The van der Waals surface area contributed by atoms with Crippen LogP contribution in [0.4, 0.5) is 16.3 Å². The molecule has 0 aliphatic carbocycles. The van der Waals surface area contributed by atoms with Crippen LogP contribution in [-0.2, 0) is 11.2 Å². The van der Waals surface area contributed by atoms with Gasteiger partial charge in [0, 0.05) is 16.6 Å². The van der Waals surface area contributed by atoms with Crippen molar-refractivity contribution in [2.75, 3.05) is 24.3 Å². The zero-order chi connectivity index (χ0) is 15.9. The molecule has 0 bridgehead atoms. The average molecular weight is 340 g/mol. The van der Waals surface area contributed by atoms with Crippen LogP contribution in [0, 0.1) is 0 Å². The summed E-state index contributed by atoms with van der Waals surface area (Å²) in [6.45, 7) is 0.701. The van der Waals surface area contributed by atoms with E-state index in [1.807, 2.05) is 18.2 Å². The summed E-state index contributed by atoms with van der Waals surface area (Å²) >= 11 is 12.0. The summed E-state index contributed by atoms with van der Waals surface area (Å²) in [5, 5.41) is 7.00. The molecule has 1 heterocycles. The van der Waals surface area contributed by atoms with E-state index in [-0.39, 0.29) is 0 Å². The molecule has 5 nitrogen and oxygen atoms in total. The standard InChI is InChI=1S/C15H15Cl2N3O2/c1-22-15(21)20-14-5-4-12(9-19-14)18-7-6-10-2-3-11(16)8-13(10)17/h2-5,8-9,18H,6-7H2,1H3,(H,19,20,21). The minimum Gasteiger partial charge on any atom is -0.453 e. The Hall–Kier alpha value is -1.98. The molecule has 0 aliphatic heterocycles. The number of methoxy groups -OCH3 is 1. The summed E-state index contributed by atoms with van der Waals surface area (Å²) in [4.78, 5) is 15.1. The third-order valence-corrected chi connectivity index (χ3v) is 3.50. The summed E-state index contributed by atoms with van der Waals surface area (Å²) in [7, 11) is 1.30. The van der Waals surface area contributed by atoms with E-state index in [1.165, 1.54) is 7.11 Å². The number of pyridine rings is 1. The first-order chi connectivity index (χ1) is 10.6. The number of hydrogen-bond acceptors (Lipinski definition) is 4. The van der Waals surface area contributed by atoms with Crippen molar-refractivity contribution >= 4 is 40.8 Å². The first-order valence-electron chi connectivity index (χ1n) is 6.57. The van der Waals surface area contributed by atoms with E-state index < -0.39 is 6.09 Å². The summed E-state index contributed by atoms with van der Waals surface area (Å²) in [5.74, 6) is 0.429. The Labute approximate surface area is 138 Å². The van der Waals surface area contributed by atoms with E-state index in [0.29, 0.717) is 22.4 Å². The molecule has 2 N–H and O–H groups in total. The number of aromatic nitrogens is 1. The van der Waals surface area contributed by atoms with Gasteiger partial charge in [0.25, 0.3) is 0 Å². The Balaban J connectivity index is 1.85. The maximum absolute atomic E-state index is 11.0. The number of ether oxygens (including phenoxy) is 1. The largest absolute Gasteiger partial charge is 0.453 e. The van der Waals surface area contributed by atoms with Gasteiger partial charge in [0.05, 0.1) is 19.0 Å². The van der Waals surface area contributed by atoms with Crippen LogP contribution in [0.3, 0.4) is 0 Å². The highest BCUT2D eigenvalue weighted by molar-refractivity contribution is 6.35. The minimum absolute atomic E-state index is 0.429. The lowest BCUT2D eigenvalue weighted by Gasteiger charge is -2.08. The first-order valence-corrected chi connectivity index (χ1v) is 7.33. The summed E-state index contributed by atoms with van der Waals surface area (Å²) < 4.78 is 4.49. The van der Waals surface area contributed by atoms with Gasteiger partial charge in [-0.2, -0.15) is 0 Å². The molecule has 22 heavy (non-hydrogen) atoms. The van der Waals surface area contributed by atoms with Gasteiger partial charge in [-0.05, 0) is 36.2 Å². The zero-order valence-corrected chi connectivity index (χ0v) is 13.4. The Morgan fingerprint density at radius 3 is 2.73 bits per heavy atom. The fourth-order valence-corrected chi connectivity index (χ4v) is 2.30. The highest BCUT2D eigenvalue weighted by Crippen LogP contribution is 2.21. The molecule has 7 heteroatoms. The van der Waals surface area contributed by atoms with Crippen molar-refractivity contribution in [1.82, 2.24) is 4.98 Å². The van der Waals surface area contributed by atoms with Crippen LogP contribution in [0.5, 0.6) is 0 Å². The molecular weight excluding hydrogens is 325 g/mol. The fourth-order valence-electron chi connectivity index (χ4n) is 1.79. The van der Waals surface area contributed by atoms with E-state index in [4.69, 9.17) is 23.2 Å². The van der Waals surface area contributed by atoms with Crippen LogP contribution >= 0.6 is 23.2 Å². The summed E-state index contributed by atoms with van der Waals surface area (Å²) in [5.41, 5.74) is 1.87. The van der Waals surface area contributed by atoms with Crippen LogP contribution in [0.2, 0.25) is 10.0 Å². The second kappa shape index (κ2) is 7.87. The number of anilines is 2. The quantitative estimate of drug-likeness (QED) is 0.855. The molecule has 1 aromatic heterocycles. The molecule has 0 unspecified atom stereocenters. The molecule has 116 valence electrons. The summed E-state index contributed by atoms with van der Waals surface area (Å²) in [6, 6.07) is 8.97. The number of nitrogens with zero attached hydrogens (tertiary/aromatic N) is 1. The normalized spacial score (nSPS) is 10.1. The molecular formula is C15H15Cl2N3O2. The number of nitrogens with one attached hydrogen (secondary N) is 2. The zero-order valence-electron chi connectivity index (χ0n) is 11.9. The fraction of sp³-hybridized carbons (Fsp3) is 0.200. The van der Waals surface area contributed by atoms with Crippen molar-refractivity contribution in [2.24, 2.45) is 0 Å². The topological polar surface area (TPSA) is 63.2 Å². The molecule has 0 aliphatic rings. The molecule has 1 amide bonds. The number of hydrogen-bond donors (Lipinski definition) is 2. The number of amides is 1. The smallest absolute Gasteiger partial charge is 0.412 e. The SMILES string of the molecule is COC(=O)Nc1ccc(NCCc2ccc(Cl)cc2Cl)cn1. The third-order valence-electron chi connectivity index (χ3n) is 2.92. The number of halogens is 2. The van der Waals surface area contributed by atoms with Gasteiger partial charge in [-0.25, -0.2) is 9.78 Å². The molecule has 0 fully saturated rings. The van der Waals surface area contributed by atoms with Crippen LogP contribution in [-0.4, -0.2) is 24.7 Å². The predicted molar refractivity (Wildman–Crippen MR) is 88.9 cm³/mol. The van der Waals surface area contributed by atoms with Crippen molar-refractivity contribution < 1.29 is 9.53 Å². The molecule has 0 atom stereocenters. The van der Waals surface area contributed by atoms with Crippen LogP contribution in [0.25, 0.3) is 0 Å². The second-order valence-corrected chi connectivity index (χ2v) is 5.30. The van der Waals surface area contributed by atoms with E-state index >= 15 is 0 Å². The van der Waals surface area contributed by atoms with E-state index in [0.717, 1.165) is 17.7 Å². The third kappa shape index (κ3) is 4.79. The van der Waals surface area contributed by atoms with Gasteiger partial charge < -0.3 is 10.1 Å². The molecule has 0 spiro atoms. The lowest BCUT2D eigenvalue weighted by Crippen LogP contribution is -2.12. The first kappa shape index (κ1) is 16.4. The number of carbonyl (C=O) groups excluding carboxylic acids is 1. The Morgan fingerprint density at radius 1 is 1.27 bits per heavy atom. The maximum atomic E-state index is 11.0. The Morgan fingerprint density at radius 2 is 2.09 bits per heavy atom. The van der Waals surface area contributed by atoms with Crippen LogP contribution in [0.15, 0.2) is 36.5 Å². The van der Waals surface area contributed by atoms with Gasteiger partial charge in [-0.3, -0.25) is 5.32 Å². The lowest BCUT2D eigenvalue weighted by atomic mass is 10.1. The van der Waals surface area contributed by atoms with Crippen molar-refractivity contribution in [1.29, 1.82) is 0 Å². The minimum atomic E-state index is -0.550. The molecule has 0 saturated carbocycles. The van der Waals surface area contributed by atoms with E-state index in [1.54, 1.807) is 18.3 Å². The molecule has 0 radical (unpaired) electrons. The highest BCUT2D eigenvalue weighted by Gasteiger charge is 2.03. The molecule has 2 aromatic rings. The van der Waals surface area contributed by atoms with Gasteiger partial charge in [0.15, 0.2) is 0 Å². The molecule has 2 rings (SSSR count). The Kier molecular flexibility index (Phi) is 5.86. The number of carbonyl (C=O) groups is 1. The van der Waals surface area contributed by atoms with Crippen molar-refractivity contribution in [3.8, 4) is 0 Å². The van der Waals surface area contributed by atoms with Crippen molar-refractivity contribution in [3.63, 3.8) is 0 Å². The van der Waals surface area contributed by atoms with Gasteiger partial charge in [0.2, 0.25) is 0 Å². The van der Waals surface area contributed by atoms with Crippen LogP contribution < -0.4 is 10.6 Å². The van der Waals surface area contributed by atoms with Gasteiger partial charge >= 0.3 is 6.09 Å². The monoisotopic (exact) mass is 339 g/mol. The Bertz CT molecular complexity index is 648. The van der Waals surface area contributed by atoms with Crippen molar-refractivity contribution in [2.45, 2.75) is 6.42 Å². The highest BCUT2D eigenvalue weighted by atomic mass is 35.5. The van der Waals surface area contributed by atoms with E-state index in [2.05, 4.69) is 20.4 Å². The van der Waals surface area contributed by atoms with Gasteiger partial charge in [-0.1, -0.05) is 29.3 Å².